The highest BCUT2D eigenvalue weighted by Gasteiger charge is 2.47. The van der Waals surface area contributed by atoms with Gasteiger partial charge in [0.25, 0.3) is 5.56 Å². The summed E-state index contributed by atoms with van der Waals surface area (Å²) >= 11 is 0. The van der Waals surface area contributed by atoms with Crippen molar-refractivity contribution in [3.05, 3.63) is 142 Å². The quantitative estimate of drug-likeness (QED) is 0.140. The minimum absolute atomic E-state index is 0.149. The van der Waals surface area contributed by atoms with Crippen molar-refractivity contribution in [2.75, 3.05) is 0 Å². The minimum atomic E-state index is -2.46. The van der Waals surface area contributed by atoms with Crippen LogP contribution in [0.15, 0.2) is 123 Å². The van der Waals surface area contributed by atoms with Crippen LogP contribution in [0.3, 0.4) is 0 Å². The summed E-state index contributed by atoms with van der Waals surface area (Å²) in [5, 5.41) is 3.44. The molecule has 0 saturated heterocycles. The molecule has 228 valence electrons. The lowest BCUT2D eigenvalue weighted by atomic mass is 10.3. The minimum Gasteiger partial charge on any atom is -0.461 e. The van der Waals surface area contributed by atoms with Crippen molar-refractivity contribution >= 4 is 40.1 Å². The standard InChI is InChI=1S/C36H36N4O4P/c1-3-22-38-34-33(35(42)39(23-4-2)36(38)43)40(25-30(41)31-21-14-24-44-31)32(37-34)26-45(27-15-8-5-9-16-27,28-17-10-6-11-18-28)29-19-12-7-13-20-29/h5-21,24H,3-4,22-23,25-26H2,1-2H3/q+1. The van der Waals surface area contributed by atoms with Gasteiger partial charge in [-0.25, -0.2) is 9.78 Å². The molecule has 0 bridgehead atoms. The van der Waals surface area contributed by atoms with Gasteiger partial charge in [-0.3, -0.25) is 18.7 Å². The molecule has 3 heterocycles. The van der Waals surface area contributed by atoms with Gasteiger partial charge in [-0.05, 0) is 61.4 Å². The number of benzene rings is 3. The second-order valence-electron chi connectivity index (χ2n) is 11.1. The Hall–Kier alpha value is -4.81. The fraction of sp³-hybridized carbons (Fsp3) is 0.222. The number of hydrogen-bond acceptors (Lipinski definition) is 5. The fourth-order valence-electron chi connectivity index (χ4n) is 6.11. The second kappa shape index (κ2) is 13.0. The van der Waals surface area contributed by atoms with Crippen molar-refractivity contribution in [1.82, 2.24) is 18.7 Å². The zero-order valence-corrected chi connectivity index (χ0v) is 26.4. The summed E-state index contributed by atoms with van der Waals surface area (Å²) in [6.45, 7) is 4.45. The fourth-order valence-corrected chi connectivity index (χ4v) is 10.3. The molecule has 45 heavy (non-hydrogen) atoms. The first-order valence-electron chi connectivity index (χ1n) is 15.3. The maximum Gasteiger partial charge on any atom is 0.332 e. The van der Waals surface area contributed by atoms with Crippen molar-refractivity contribution in [2.45, 2.75) is 52.5 Å². The summed E-state index contributed by atoms with van der Waals surface area (Å²) in [5.41, 5.74) is -0.231. The maximum atomic E-state index is 14.1. The molecule has 0 unspecified atom stereocenters. The van der Waals surface area contributed by atoms with Gasteiger partial charge in [0.1, 0.15) is 29.3 Å². The van der Waals surface area contributed by atoms with Gasteiger partial charge in [0, 0.05) is 13.1 Å². The Morgan fingerprint density at radius 1 is 0.711 bits per heavy atom. The first kappa shape index (κ1) is 30.2. The van der Waals surface area contributed by atoms with Crippen molar-refractivity contribution in [2.24, 2.45) is 0 Å². The van der Waals surface area contributed by atoms with Crippen LogP contribution in [0, 0.1) is 0 Å². The topological polar surface area (TPSA) is 92.0 Å². The predicted molar refractivity (Wildman–Crippen MR) is 181 cm³/mol. The summed E-state index contributed by atoms with van der Waals surface area (Å²) in [6, 6.07) is 34.5. The molecule has 0 fully saturated rings. The van der Waals surface area contributed by atoms with Gasteiger partial charge in [0.05, 0.1) is 12.8 Å². The number of ketones is 1. The highest BCUT2D eigenvalue weighted by molar-refractivity contribution is 7.95. The Morgan fingerprint density at radius 2 is 1.24 bits per heavy atom. The van der Waals surface area contributed by atoms with E-state index in [1.54, 1.807) is 21.3 Å². The van der Waals surface area contributed by atoms with E-state index in [1.807, 2.05) is 68.4 Å². The van der Waals surface area contributed by atoms with Crippen LogP contribution < -0.4 is 27.2 Å². The number of aromatic nitrogens is 4. The smallest absolute Gasteiger partial charge is 0.332 e. The van der Waals surface area contributed by atoms with Crippen LogP contribution in [-0.4, -0.2) is 24.5 Å². The molecule has 8 nitrogen and oxygen atoms in total. The lowest BCUT2D eigenvalue weighted by molar-refractivity contribution is 0.0945. The molecular formula is C36H36N4O4P+. The van der Waals surface area contributed by atoms with Crippen molar-refractivity contribution in [1.29, 1.82) is 0 Å². The van der Waals surface area contributed by atoms with Gasteiger partial charge in [-0.2, -0.15) is 0 Å². The number of carbonyl (C=O) groups excluding carboxylic acids is 1. The van der Waals surface area contributed by atoms with Crippen molar-refractivity contribution < 1.29 is 9.21 Å². The first-order valence-corrected chi connectivity index (χ1v) is 17.3. The van der Waals surface area contributed by atoms with E-state index < -0.39 is 12.8 Å². The lowest BCUT2D eigenvalue weighted by Gasteiger charge is -2.27. The number of carbonyl (C=O) groups is 1. The van der Waals surface area contributed by atoms with Crippen molar-refractivity contribution in [3.63, 3.8) is 0 Å². The van der Waals surface area contributed by atoms with Crippen molar-refractivity contribution in [3.8, 4) is 0 Å². The summed E-state index contributed by atoms with van der Waals surface area (Å²) in [6.07, 6.45) is 3.19. The van der Waals surface area contributed by atoms with Crippen LogP contribution in [-0.2, 0) is 25.8 Å². The molecule has 0 atom stereocenters. The Balaban J connectivity index is 1.69. The molecule has 3 aromatic heterocycles. The van der Waals surface area contributed by atoms with E-state index in [4.69, 9.17) is 9.40 Å². The van der Waals surface area contributed by atoms with E-state index in [0.29, 0.717) is 37.0 Å². The third-order valence-electron chi connectivity index (χ3n) is 8.16. The number of aryl methyl sites for hydroxylation is 1. The number of imidazole rings is 1. The number of fused-ring (bicyclic) bond motifs is 1. The van der Waals surface area contributed by atoms with E-state index in [0.717, 1.165) is 15.9 Å². The monoisotopic (exact) mass is 619 g/mol. The third-order valence-corrected chi connectivity index (χ3v) is 12.5. The Bertz CT molecular complexity index is 1930. The van der Waals surface area contributed by atoms with E-state index >= 15 is 0 Å². The van der Waals surface area contributed by atoms with Crippen LogP contribution in [0.4, 0.5) is 0 Å². The lowest BCUT2D eigenvalue weighted by Crippen LogP contribution is -2.40. The van der Waals surface area contributed by atoms with E-state index in [9.17, 15) is 14.4 Å². The number of Topliss-reactive ketones (excluding diaryl/α,β-unsaturated/α-hetero) is 1. The maximum absolute atomic E-state index is 14.1. The van der Waals surface area contributed by atoms with Crippen LogP contribution >= 0.6 is 7.26 Å². The Morgan fingerprint density at radius 3 is 1.73 bits per heavy atom. The third kappa shape index (κ3) is 5.51. The summed E-state index contributed by atoms with van der Waals surface area (Å²) in [5.74, 6) is 0.498. The zero-order valence-electron chi connectivity index (χ0n) is 25.5. The van der Waals surface area contributed by atoms with Gasteiger partial charge >= 0.3 is 5.69 Å². The molecule has 0 amide bonds. The molecule has 0 saturated carbocycles. The summed E-state index contributed by atoms with van der Waals surface area (Å²) in [7, 11) is -2.46. The Labute approximate surface area is 261 Å². The number of furan rings is 1. The van der Waals surface area contributed by atoms with E-state index in [-0.39, 0.29) is 35.8 Å². The van der Waals surface area contributed by atoms with Crippen LogP contribution in [0.5, 0.6) is 0 Å². The SMILES string of the molecule is CCCn1c(=O)c2c(nc(C[P+](c3ccccc3)(c3ccccc3)c3ccccc3)n2CC(=O)c2ccco2)n(CCC)c1=O. The molecule has 0 aliphatic carbocycles. The van der Waals surface area contributed by atoms with Crippen LogP contribution in [0.25, 0.3) is 11.2 Å². The summed E-state index contributed by atoms with van der Waals surface area (Å²) < 4.78 is 10.1. The molecule has 0 aliphatic rings. The van der Waals surface area contributed by atoms with Crippen LogP contribution in [0.2, 0.25) is 0 Å². The first-order chi connectivity index (χ1) is 22.0. The Kier molecular flexibility index (Phi) is 8.76. The highest BCUT2D eigenvalue weighted by Crippen LogP contribution is 2.58. The van der Waals surface area contributed by atoms with Gasteiger partial charge in [-0.15, -0.1) is 0 Å². The predicted octanol–water partition coefficient (Wildman–Crippen LogP) is 5.15. The molecule has 0 radical (unpaired) electrons. The molecule has 0 aliphatic heterocycles. The molecule has 6 aromatic rings. The van der Waals surface area contributed by atoms with Gasteiger partial charge < -0.3 is 8.98 Å². The molecule has 3 aromatic carbocycles. The largest absolute Gasteiger partial charge is 0.461 e. The zero-order chi connectivity index (χ0) is 31.4. The highest BCUT2D eigenvalue weighted by atomic mass is 31.2. The molecule has 9 heteroatoms. The molecule has 0 N–H and O–H groups in total. The van der Waals surface area contributed by atoms with E-state index in [2.05, 4.69) is 36.4 Å². The average Bonchev–Trinajstić information content (AvgIpc) is 3.74. The number of rotatable bonds is 12. The van der Waals surface area contributed by atoms with Gasteiger partial charge in [-0.1, -0.05) is 68.4 Å². The van der Waals surface area contributed by atoms with Gasteiger partial charge in [0.15, 0.2) is 22.7 Å². The molecule has 6 rings (SSSR count). The molecule has 0 spiro atoms. The normalized spacial score (nSPS) is 11.7. The number of nitrogens with zero attached hydrogens (tertiary/aromatic N) is 4. The average molecular weight is 620 g/mol. The molecular weight excluding hydrogens is 583 g/mol. The summed E-state index contributed by atoms with van der Waals surface area (Å²) in [4.78, 5) is 46.5. The number of hydrogen-bond donors (Lipinski definition) is 0. The van der Waals surface area contributed by atoms with E-state index in [1.165, 1.54) is 10.8 Å². The van der Waals surface area contributed by atoms with Crippen LogP contribution in [0.1, 0.15) is 43.1 Å². The second-order valence-corrected chi connectivity index (χ2v) is 14.5. The van der Waals surface area contributed by atoms with Gasteiger partial charge in [0.2, 0.25) is 5.78 Å².